The van der Waals surface area contributed by atoms with Crippen molar-refractivity contribution < 1.29 is 19.1 Å². The van der Waals surface area contributed by atoms with Crippen LogP contribution in [0.2, 0.25) is 0 Å². The van der Waals surface area contributed by atoms with Gasteiger partial charge in [0.2, 0.25) is 5.91 Å². The highest BCUT2D eigenvalue weighted by Crippen LogP contribution is 2.30. The number of nitrogens with zero attached hydrogens (tertiary/aromatic N) is 2. The smallest absolute Gasteiger partial charge is 0.308 e. The largest absolute Gasteiger partial charge is 0.425 e. The Kier molecular flexibility index (Phi) is 5.32. The maximum atomic E-state index is 13.4. The second-order valence-electron chi connectivity index (χ2n) is 6.68. The summed E-state index contributed by atoms with van der Waals surface area (Å²) in [6.07, 6.45) is 0. The van der Waals surface area contributed by atoms with Crippen molar-refractivity contribution >= 4 is 34.4 Å². The molecule has 29 heavy (non-hydrogen) atoms. The minimum atomic E-state index is -0.857. The summed E-state index contributed by atoms with van der Waals surface area (Å²) < 4.78 is 6.63. The first-order valence-electron chi connectivity index (χ1n) is 8.94. The molecule has 0 spiro atoms. The summed E-state index contributed by atoms with van der Waals surface area (Å²) in [5.41, 5.74) is 0.631. The van der Waals surface area contributed by atoms with Gasteiger partial charge in [0.25, 0.3) is 11.5 Å². The molecular formula is C22H20N2O5. The molecule has 2 aromatic carbocycles. The minimum Gasteiger partial charge on any atom is -0.425 e. The maximum Gasteiger partial charge on any atom is 0.308 e. The maximum absolute atomic E-state index is 13.4. The van der Waals surface area contributed by atoms with Crippen LogP contribution in [0.1, 0.15) is 29.8 Å². The van der Waals surface area contributed by atoms with E-state index in [2.05, 4.69) is 0 Å². The van der Waals surface area contributed by atoms with Crippen LogP contribution < -0.4 is 15.2 Å². The van der Waals surface area contributed by atoms with E-state index in [9.17, 15) is 19.2 Å². The molecule has 0 aliphatic heterocycles. The number of imide groups is 1. The third-order valence-electron chi connectivity index (χ3n) is 4.50. The normalized spacial score (nSPS) is 10.6. The molecule has 0 fully saturated rings. The van der Waals surface area contributed by atoms with Crippen LogP contribution in [0.3, 0.4) is 0 Å². The molecule has 0 saturated carbocycles. The lowest BCUT2D eigenvalue weighted by Gasteiger charge is -2.21. The molecule has 0 aliphatic carbocycles. The van der Waals surface area contributed by atoms with E-state index in [0.717, 1.165) is 10.5 Å². The molecule has 148 valence electrons. The number of hydrogen-bond donors (Lipinski definition) is 0. The number of amides is 2. The topological polar surface area (TPSA) is 85.7 Å². The van der Waals surface area contributed by atoms with Crippen LogP contribution in [-0.4, -0.2) is 22.4 Å². The Morgan fingerprint density at radius 3 is 2.24 bits per heavy atom. The number of pyridine rings is 1. The number of esters is 1. The van der Waals surface area contributed by atoms with Crippen LogP contribution in [-0.2, 0) is 16.6 Å². The van der Waals surface area contributed by atoms with Gasteiger partial charge in [0, 0.05) is 26.3 Å². The second-order valence-corrected chi connectivity index (χ2v) is 6.68. The average Bonchev–Trinajstić information content (AvgIpc) is 2.66. The van der Waals surface area contributed by atoms with Crippen molar-refractivity contribution in [3.05, 3.63) is 70.0 Å². The molecule has 1 heterocycles. The standard InChI is InChI=1S/C22H20N2O5/c1-13-10-11-18-17(12-13)20(29-15(3)26)19(21(27)23(18)4)22(28)24(14(2)25)16-8-6-5-7-9-16/h5-12H,1-4H3. The zero-order valence-corrected chi connectivity index (χ0v) is 16.6. The first-order chi connectivity index (χ1) is 13.7. The van der Waals surface area contributed by atoms with Crippen molar-refractivity contribution in [2.75, 3.05) is 4.90 Å². The summed E-state index contributed by atoms with van der Waals surface area (Å²) in [5.74, 6) is -2.25. The predicted octanol–water partition coefficient (Wildman–Crippen LogP) is 2.97. The van der Waals surface area contributed by atoms with E-state index < -0.39 is 23.3 Å². The summed E-state index contributed by atoms with van der Waals surface area (Å²) in [4.78, 5) is 51.4. The van der Waals surface area contributed by atoms with Gasteiger partial charge in [-0.1, -0.05) is 29.8 Å². The summed E-state index contributed by atoms with van der Waals surface area (Å²) in [7, 11) is 1.52. The number of aryl methyl sites for hydroxylation is 2. The highest BCUT2D eigenvalue weighted by molar-refractivity contribution is 6.22. The number of carbonyl (C=O) groups excluding carboxylic acids is 3. The van der Waals surface area contributed by atoms with Crippen molar-refractivity contribution in [1.29, 1.82) is 0 Å². The zero-order chi connectivity index (χ0) is 21.3. The van der Waals surface area contributed by atoms with Crippen molar-refractivity contribution in [2.24, 2.45) is 7.05 Å². The molecule has 1 aromatic heterocycles. The van der Waals surface area contributed by atoms with Gasteiger partial charge in [-0.05, 0) is 31.2 Å². The van der Waals surface area contributed by atoms with Crippen LogP contribution >= 0.6 is 0 Å². The van der Waals surface area contributed by atoms with Crippen molar-refractivity contribution in [3.8, 4) is 5.75 Å². The Bertz CT molecular complexity index is 1200. The van der Waals surface area contributed by atoms with E-state index in [0.29, 0.717) is 16.6 Å². The fourth-order valence-corrected chi connectivity index (χ4v) is 3.20. The number of hydrogen-bond acceptors (Lipinski definition) is 5. The lowest BCUT2D eigenvalue weighted by atomic mass is 10.1. The SMILES string of the molecule is CC(=O)Oc1c(C(=O)N(C(C)=O)c2ccccc2)c(=O)n(C)c2ccc(C)cc12. The van der Waals surface area contributed by atoms with E-state index in [1.165, 1.54) is 25.5 Å². The van der Waals surface area contributed by atoms with Gasteiger partial charge in [0.05, 0.1) is 11.2 Å². The van der Waals surface area contributed by atoms with E-state index >= 15 is 0 Å². The number of ether oxygens (including phenoxy) is 1. The Balaban J connectivity index is 2.36. The highest BCUT2D eigenvalue weighted by Gasteiger charge is 2.30. The van der Waals surface area contributed by atoms with Gasteiger partial charge < -0.3 is 9.30 Å². The van der Waals surface area contributed by atoms with Gasteiger partial charge >= 0.3 is 5.97 Å². The lowest BCUT2D eigenvalue weighted by molar-refractivity contribution is -0.131. The third kappa shape index (κ3) is 3.67. The number of carbonyl (C=O) groups is 3. The van der Waals surface area contributed by atoms with Crippen LogP contribution in [0.4, 0.5) is 5.69 Å². The van der Waals surface area contributed by atoms with Crippen molar-refractivity contribution in [1.82, 2.24) is 4.57 Å². The molecule has 7 heteroatoms. The molecule has 0 atom stereocenters. The Morgan fingerprint density at radius 1 is 1.00 bits per heavy atom. The third-order valence-corrected chi connectivity index (χ3v) is 4.50. The van der Waals surface area contributed by atoms with Gasteiger partial charge in [0.15, 0.2) is 5.75 Å². The van der Waals surface area contributed by atoms with Gasteiger partial charge in [-0.15, -0.1) is 0 Å². The first-order valence-corrected chi connectivity index (χ1v) is 8.94. The van der Waals surface area contributed by atoms with Crippen LogP contribution in [0, 0.1) is 6.92 Å². The van der Waals surface area contributed by atoms with Gasteiger partial charge in [-0.3, -0.25) is 19.2 Å². The molecular weight excluding hydrogens is 372 g/mol. The Morgan fingerprint density at radius 2 is 1.66 bits per heavy atom. The van der Waals surface area contributed by atoms with Crippen LogP contribution in [0.25, 0.3) is 10.9 Å². The molecule has 0 unspecified atom stereocenters. The molecule has 0 N–H and O–H groups in total. The minimum absolute atomic E-state index is 0.147. The summed E-state index contributed by atoms with van der Waals surface area (Å²) >= 11 is 0. The quantitative estimate of drug-likeness (QED) is 0.640. The van der Waals surface area contributed by atoms with Crippen LogP contribution in [0.5, 0.6) is 5.75 Å². The number of para-hydroxylation sites is 1. The number of rotatable bonds is 3. The number of fused-ring (bicyclic) bond motifs is 1. The van der Waals surface area contributed by atoms with Gasteiger partial charge in [-0.2, -0.15) is 0 Å². The molecule has 0 radical (unpaired) electrons. The molecule has 7 nitrogen and oxygen atoms in total. The summed E-state index contributed by atoms with van der Waals surface area (Å²) in [6.45, 7) is 4.26. The number of anilines is 1. The second kappa shape index (κ2) is 7.71. The van der Waals surface area contributed by atoms with Gasteiger partial charge in [-0.25, -0.2) is 4.90 Å². The van der Waals surface area contributed by atoms with Gasteiger partial charge in [0.1, 0.15) is 5.56 Å². The summed E-state index contributed by atoms with van der Waals surface area (Å²) in [6, 6.07) is 13.5. The van der Waals surface area contributed by atoms with Crippen LogP contribution in [0.15, 0.2) is 53.3 Å². The fourth-order valence-electron chi connectivity index (χ4n) is 3.20. The first kappa shape index (κ1) is 20.0. The van der Waals surface area contributed by atoms with E-state index in [1.54, 1.807) is 42.5 Å². The van der Waals surface area contributed by atoms with E-state index in [1.807, 2.05) is 13.0 Å². The fraction of sp³-hybridized carbons (Fsp3) is 0.182. The Labute approximate surface area is 167 Å². The molecule has 2 amide bonds. The van der Waals surface area contributed by atoms with Crippen molar-refractivity contribution in [2.45, 2.75) is 20.8 Å². The monoisotopic (exact) mass is 392 g/mol. The highest BCUT2D eigenvalue weighted by atomic mass is 16.5. The molecule has 0 bridgehead atoms. The summed E-state index contributed by atoms with van der Waals surface area (Å²) in [5, 5.41) is 0.433. The predicted molar refractivity (Wildman–Crippen MR) is 109 cm³/mol. The zero-order valence-electron chi connectivity index (χ0n) is 16.6. The number of benzene rings is 2. The van der Waals surface area contributed by atoms with Crippen molar-refractivity contribution in [3.63, 3.8) is 0 Å². The molecule has 3 rings (SSSR count). The number of aromatic nitrogens is 1. The molecule has 0 saturated heterocycles. The molecule has 3 aromatic rings. The Hall–Kier alpha value is -3.74. The molecule has 0 aliphatic rings. The van der Waals surface area contributed by atoms with E-state index in [4.69, 9.17) is 4.74 Å². The lowest BCUT2D eigenvalue weighted by Crippen LogP contribution is -2.40. The average molecular weight is 392 g/mol. The van der Waals surface area contributed by atoms with E-state index in [-0.39, 0.29) is 11.3 Å².